The molecule has 1 N–H and O–H groups in total. The van der Waals surface area contributed by atoms with Gasteiger partial charge in [0.05, 0.1) is 5.02 Å². The van der Waals surface area contributed by atoms with Gasteiger partial charge in [-0.15, -0.1) is 0 Å². The van der Waals surface area contributed by atoms with E-state index >= 15 is 0 Å². The van der Waals surface area contributed by atoms with Crippen LogP contribution in [0.4, 0.5) is 0 Å². The Morgan fingerprint density at radius 3 is 2.82 bits per heavy atom. The molecule has 1 saturated carbocycles. The first-order valence-corrected chi connectivity index (χ1v) is 7.51. The second-order valence-corrected chi connectivity index (χ2v) is 6.26. The Labute approximate surface area is 117 Å². The topological polar surface area (TPSA) is 12.0 Å². The van der Waals surface area contributed by atoms with Crippen LogP contribution in [-0.4, -0.2) is 6.04 Å². The molecule has 94 valence electrons. The summed E-state index contributed by atoms with van der Waals surface area (Å²) in [6, 6.07) is 6.85. The summed E-state index contributed by atoms with van der Waals surface area (Å²) >= 11 is 9.50. The number of hydrogen-bond donors (Lipinski definition) is 1. The average molecular weight is 317 g/mol. The molecule has 3 heteroatoms. The summed E-state index contributed by atoms with van der Waals surface area (Å²) < 4.78 is 0.967. The second-order valence-electron chi connectivity index (χ2n) is 5.00. The van der Waals surface area contributed by atoms with Gasteiger partial charge in [0.1, 0.15) is 0 Å². The smallest absolute Gasteiger partial charge is 0.0551 e. The Morgan fingerprint density at radius 1 is 1.35 bits per heavy atom. The van der Waals surface area contributed by atoms with Gasteiger partial charge in [-0.25, -0.2) is 0 Å². The van der Waals surface area contributed by atoms with Crippen molar-refractivity contribution in [3.8, 4) is 0 Å². The minimum Gasteiger partial charge on any atom is -0.310 e. The molecule has 17 heavy (non-hydrogen) atoms. The van der Waals surface area contributed by atoms with E-state index in [0.29, 0.717) is 6.04 Å². The van der Waals surface area contributed by atoms with Gasteiger partial charge in [-0.2, -0.15) is 0 Å². The third kappa shape index (κ3) is 3.70. The van der Waals surface area contributed by atoms with Gasteiger partial charge in [-0.1, -0.05) is 37.4 Å². The lowest BCUT2D eigenvalue weighted by Gasteiger charge is -2.29. The standard InChI is InChI=1S/C14H19BrClN/c1-10-4-2-3-5-14(10)17-9-11-6-7-12(15)13(16)8-11/h6-8,10,14,17H,2-5,9H2,1H3. The van der Waals surface area contributed by atoms with E-state index in [9.17, 15) is 0 Å². The van der Waals surface area contributed by atoms with E-state index in [1.54, 1.807) is 0 Å². The molecule has 2 unspecified atom stereocenters. The van der Waals surface area contributed by atoms with Crippen LogP contribution in [0.15, 0.2) is 22.7 Å². The molecule has 0 bridgehead atoms. The van der Waals surface area contributed by atoms with Gasteiger partial charge in [0.2, 0.25) is 0 Å². The normalized spacial score (nSPS) is 24.9. The van der Waals surface area contributed by atoms with Gasteiger partial charge in [-0.3, -0.25) is 0 Å². The van der Waals surface area contributed by atoms with E-state index < -0.39 is 0 Å². The van der Waals surface area contributed by atoms with Crippen molar-refractivity contribution in [3.63, 3.8) is 0 Å². The van der Waals surface area contributed by atoms with Crippen LogP contribution in [0.25, 0.3) is 0 Å². The molecule has 1 aliphatic rings. The molecule has 1 aromatic rings. The van der Waals surface area contributed by atoms with Crippen molar-refractivity contribution in [2.45, 2.75) is 45.2 Å². The highest BCUT2D eigenvalue weighted by Gasteiger charge is 2.20. The van der Waals surface area contributed by atoms with Crippen molar-refractivity contribution < 1.29 is 0 Å². The molecule has 1 fully saturated rings. The minimum atomic E-state index is 0.672. The highest BCUT2D eigenvalue weighted by atomic mass is 79.9. The summed E-state index contributed by atoms with van der Waals surface area (Å²) in [4.78, 5) is 0. The summed E-state index contributed by atoms with van der Waals surface area (Å²) in [6.07, 6.45) is 5.43. The molecule has 1 aromatic carbocycles. The lowest BCUT2D eigenvalue weighted by atomic mass is 9.86. The number of rotatable bonds is 3. The van der Waals surface area contributed by atoms with Crippen molar-refractivity contribution in [1.82, 2.24) is 5.32 Å². The zero-order valence-electron chi connectivity index (χ0n) is 10.2. The van der Waals surface area contributed by atoms with Crippen LogP contribution in [0.3, 0.4) is 0 Å². The first-order chi connectivity index (χ1) is 8.16. The van der Waals surface area contributed by atoms with E-state index in [0.717, 1.165) is 22.0 Å². The van der Waals surface area contributed by atoms with Crippen molar-refractivity contribution in [2.75, 3.05) is 0 Å². The van der Waals surface area contributed by atoms with Crippen LogP contribution in [-0.2, 0) is 6.54 Å². The van der Waals surface area contributed by atoms with Crippen LogP contribution < -0.4 is 5.32 Å². The molecule has 0 saturated heterocycles. The Kier molecular flexibility index (Phi) is 4.89. The monoisotopic (exact) mass is 315 g/mol. The van der Waals surface area contributed by atoms with Crippen LogP contribution in [0.1, 0.15) is 38.2 Å². The van der Waals surface area contributed by atoms with E-state index in [1.165, 1.54) is 31.2 Å². The molecule has 0 aromatic heterocycles. The minimum absolute atomic E-state index is 0.672. The predicted molar refractivity (Wildman–Crippen MR) is 77.4 cm³/mol. The molecule has 0 amide bonds. The maximum absolute atomic E-state index is 6.09. The number of halogens is 2. The third-order valence-corrected chi connectivity index (χ3v) is 4.90. The van der Waals surface area contributed by atoms with Gasteiger partial charge >= 0.3 is 0 Å². The van der Waals surface area contributed by atoms with Crippen molar-refractivity contribution in [2.24, 2.45) is 5.92 Å². The van der Waals surface area contributed by atoms with Gasteiger partial charge in [0.25, 0.3) is 0 Å². The maximum atomic E-state index is 6.09. The molecule has 2 atom stereocenters. The fraction of sp³-hybridized carbons (Fsp3) is 0.571. The highest BCUT2D eigenvalue weighted by molar-refractivity contribution is 9.10. The predicted octanol–water partition coefficient (Wildman–Crippen LogP) is 4.77. The lowest BCUT2D eigenvalue weighted by Crippen LogP contribution is -2.36. The van der Waals surface area contributed by atoms with Gasteiger partial charge in [-0.05, 0) is 52.4 Å². The second kappa shape index (κ2) is 6.21. The Morgan fingerprint density at radius 2 is 2.12 bits per heavy atom. The first kappa shape index (κ1) is 13.4. The molecule has 0 radical (unpaired) electrons. The molecule has 2 rings (SSSR count). The summed E-state index contributed by atoms with van der Waals surface area (Å²) in [5.74, 6) is 0.801. The molecule has 0 heterocycles. The van der Waals surface area contributed by atoms with Gasteiger partial charge in [0, 0.05) is 17.1 Å². The zero-order chi connectivity index (χ0) is 12.3. The van der Waals surface area contributed by atoms with Crippen LogP contribution in [0.5, 0.6) is 0 Å². The maximum Gasteiger partial charge on any atom is 0.0551 e. The van der Waals surface area contributed by atoms with Crippen LogP contribution in [0, 0.1) is 5.92 Å². The van der Waals surface area contributed by atoms with E-state index in [4.69, 9.17) is 11.6 Å². The fourth-order valence-corrected chi connectivity index (χ4v) is 2.97. The van der Waals surface area contributed by atoms with Gasteiger partial charge < -0.3 is 5.32 Å². The number of benzene rings is 1. The van der Waals surface area contributed by atoms with Crippen LogP contribution in [0.2, 0.25) is 5.02 Å². The molecular weight excluding hydrogens is 298 g/mol. The SMILES string of the molecule is CC1CCCCC1NCc1ccc(Br)c(Cl)c1. The quantitative estimate of drug-likeness (QED) is 0.847. The fourth-order valence-electron chi connectivity index (χ4n) is 2.52. The van der Waals surface area contributed by atoms with Crippen molar-refractivity contribution >= 4 is 27.5 Å². The first-order valence-electron chi connectivity index (χ1n) is 6.34. The Balaban J connectivity index is 1.90. The average Bonchev–Trinajstić information content (AvgIpc) is 2.32. The zero-order valence-corrected chi connectivity index (χ0v) is 12.5. The largest absolute Gasteiger partial charge is 0.310 e. The highest BCUT2D eigenvalue weighted by Crippen LogP contribution is 2.25. The number of nitrogens with one attached hydrogen (secondary N) is 1. The lowest BCUT2D eigenvalue weighted by molar-refractivity contribution is 0.279. The Bertz CT molecular complexity index is 380. The third-order valence-electron chi connectivity index (χ3n) is 3.66. The Hall–Kier alpha value is -0.0500. The molecule has 1 aliphatic carbocycles. The van der Waals surface area contributed by atoms with E-state index in [2.05, 4.69) is 34.2 Å². The molecule has 1 nitrogen and oxygen atoms in total. The summed E-state index contributed by atoms with van der Waals surface area (Å²) in [5.41, 5.74) is 1.26. The van der Waals surface area contributed by atoms with Crippen LogP contribution >= 0.6 is 27.5 Å². The van der Waals surface area contributed by atoms with Crippen molar-refractivity contribution in [1.29, 1.82) is 0 Å². The summed E-state index contributed by atoms with van der Waals surface area (Å²) in [7, 11) is 0. The molecule has 0 spiro atoms. The molecule has 0 aliphatic heterocycles. The summed E-state index contributed by atoms with van der Waals surface area (Å²) in [5, 5.41) is 4.45. The van der Waals surface area contributed by atoms with Gasteiger partial charge in [0.15, 0.2) is 0 Å². The summed E-state index contributed by atoms with van der Waals surface area (Å²) in [6.45, 7) is 3.27. The number of hydrogen-bond acceptors (Lipinski definition) is 1. The van der Waals surface area contributed by atoms with Crippen molar-refractivity contribution in [3.05, 3.63) is 33.3 Å². The van der Waals surface area contributed by atoms with E-state index in [1.807, 2.05) is 12.1 Å². The molecular formula is C14H19BrClN. The van der Waals surface area contributed by atoms with E-state index in [-0.39, 0.29) is 0 Å².